The highest BCUT2D eigenvalue weighted by atomic mass is 32.2. The van der Waals surface area contributed by atoms with Gasteiger partial charge in [-0.05, 0) is 24.3 Å². The molecule has 0 bridgehead atoms. The molecule has 0 aromatic heterocycles. The first-order valence-corrected chi connectivity index (χ1v) is 7.12. The Kier molecular flexibility index (Phi) is 5.59. The third-order valence-electron chi connectivity index (χ3n) is 2.31. The molecule has 0 saturated heterocycles. The summed E-state index contributed by atoms with van der Waals surface area (Å²) < 4.78 is 46.9. The van der Waals surface area contributed by atoms with Crippen LogP contribution in [0.5, 0.6) is 0 Å². The van der Waals surface area contributed by atoms with Crippen molar-refractivity contribution >= 4 is 27.4 Å². The van der Waals surface area contributed by atoms with Crippen molar-refractivity contribution in [1.29, 1.82) is 0 Å². The first-order chi connectivity index (χ1) is 9.73. The number of anilines is 1. The van der Waals surface area contributed by atoms with Gasteiger partial charge in [0.2, 0.25) is 15.7 Å². The Hall–Kier alpha value is -2.23. The van der Waals surface area contributed by atoms with Crippen molar-refractivity contribution in [1.82, 2.24) is 5.32 Å². The second-order valence-corrected chi connectivity index (χ2v) is 5.77. The van der Waals surface area contributed by atoms with Crippen molar-refractivity contribution in [3.63, 3.8) is 0 Å². The molecule has 116 valence electrons. The number of alkyl halides is 2. The van der Waals surface area contributed by atoms with E-state index >= 15 is 0 Å². The molecule has 0 aliphatic rings. The largest absolute Gasteiger partial charge is 0.480 e. The fraction of sp³-hybridized carbons (Fsp3) is 0.273. The Labute approximate surface area is 118 Å². The van der Waals surface area contributed by atoms with Crippen LogP contribution in [0.15, 0.2) is 29.2 Å². The summed E-state index contributed by atoms with van der Waals surface area (Å²) in [7, 11) is -4.65. The number of aliphatic carboxylic acids is 1. The van der Waals surface area contributed by atoms with E-state index in [0.29, 0.717) is 5.69 Å². The Morgan fingerprint density at radius 3 is 2.19 bits per heavy atom. The molecule has 0 saturated carbocycles. The van der Waals surface area contributed by atoms with Crippen molar-refractivity contribution < 1.29 is 31.9 Å². The van der Waals surface area contributed by atoms with E-state index in [4.69, 9.17) is 5.11 Å². The van der Waals surface area contributed by atoms with E-state index in [0.717, 1.165) is 12.1 Å². The highest BCUT2D eigenvalue weighted by molar-refractivity contribution is 7.91. The summed E-state index contributed by atoms with van der Waals surface area (Å²) in [4.78, 5) is 20.9. The lowest BCUT2D eigenvalue weighted by Gasteiger charge is -2.08. The number of carboxylic acid groups (broad SMARTS) is 1. The highest BCUT2D eigenvalue weighted by Gasteiger charge is 2.26. The van der Waals surface area contributed by atoms with E-state index in [9.17, 15) is 26.8 Å². The van der Waals surface area contributed by atoms with Crippen LogP contribution in [0.2, 0.25) is 0 Å². The number of hydrogen-bond donors (Lipinski definition) is 3. The second kappa shape index (κ2) is 6.97. The number of halogens is 2. The molecular weight excluding hydrogens is 310 g/mol. The molecule has 3 N–H and O–H groups in total. The second-order valence-electron chi connectivity index (χ2n) is 3.85. The summed E-state index contributed by atoms with van der Waals surface area (Å²) in [6.07, 6.45) is 0. The number of rotatable bonds is 7. The zero-order valence-electron chi connectivity index (χ0n) is 10.5. The third-order valence-corrected chi connectivity index (χ3v) is 3.71. The van der Waals surface area contributed by atoms with Crippen LogP contribution in [0.4, 0.5) is 14.5 Å². The first kappa shape index (κ1) is 16.8. The van der Waals surface area contributed by atoms with Crippen molar-refractivity contribution in [3.05, 3.63) is 24.3 Å². The molecular formula is C11H12F2N2O5S. The number of amides is 1. The molecule has 21 heavy (non-hydrogen) atoms. The van der Waals surface area contributed by atoms with E-state index in [1.54, 1.807) is 0 Å². The maximum absolute atomic E-state index is 12.3. The van der Waals surface area contributed by atoms with Gasteiger partial charge in [-0.1, -0.05) is 0 Å². The number of carboxylic acids is 1. The maximum atomic E-state index is 12.3. The molecule has 1 aromatic rings. The van der Waals surface area contributed by atoms with E-state index in [1.165, 1.54) is 12.1 Å². The number of hydrogen-bond acceptors (Lipinski definition) is 5. The van der Waals surface area contributed by atoms with Gasteiger partial charge in [0.15, 0.2) is 0 Å². The molecule has 1 amide bonds. The fourth-order valence-corrected chi connectivity index (χ4v) is 2.01. The minimum Gasteiger partial charge on any atom is -0.480 e. The van der Waals surface area contributed by atoms with Crippen LogP contribution in [0.25, 0.3) is 0 Å². The topological polar surface area (TPSA) is 113 Å². The molecule has 1 rings (SSSR count). The van der Waals surface area contributed by atoms with Gasteiger partial charge >= 0.3 is 11.7 Å². The molecule has 0 radical (unpaired) electrons. The SMILES string of the molecule is O=C(O)CNC(=O)CNc1ccc(S(=O)(=O)C(F)F)cc1. The summed E-state index contributed by atoms with van der Waals surface area (Å²) in [6, 6.07) is 4.41. The van der Waals surface area contributed by atoms with Crippen LogP contribution in [0, 0.1) is 0 Å². The molecule has 0 fully saturated rings. The van der Waals surface area contributed by atoms with Gasteiger partial charge in [0, 0.05) is 5.69 Å². The minimum atomic E-state index is -4.65. The van der Waals surface area contributed by atoms with Gasteiger partial charge in [0.25, 0.3) is 0 Å². The molecule has 0 unspecified atom stereocenters. The predicted molar refractivity (Wildman–Crippen MR) is 68.8 cm³/mol. The lowest BCUT2D eigenvalue weighted by Crippen LogP contribution is -2.33. The van der Waals surface area contributed by atoms with Gasteiger partial charge in [-0.25, -0.2) is 8.42 Å². The number of sulfone groups is 1. The zero-order chi connectivity index (χ0) is 16.0. The average Bonchev–Trinajstić information content (AvgIpc) is 2.43. The van der Waals surface area contributed by atoms with Gasteiger partial charge in [0.05, 0.1) is 11.4 Å². The quantitative estimate of drug-likeness (QED) is 0.665. The van der Waals surface area contributed by atoms with Gasteiger partial charge in [-0.2, -0.15) is 8.78 Å². The monoisotopic (exact) mass is 322 g/mol. The Morgan fingerprint density at radius 2 is 1.71 bits per heavy atom. The standard InChI is InChI=1S/C11H12F2N2O5S/c12-11(13)21(19,20)8-3-1-7(2-4-8)14-5-9(16)15-6-10(17)18/h1-4,11,14H,5-6H2,(H,15,16)(H,17,18). The fourth-order valence-electron chi connectivity index (χ4n) is 1.28. The number of benzene rings is 1. The predicted octanol–water partition coefficient (Wildman–Crippen LogP) is 0.296. The van der Waals surface area contributed by atoms with Gasteiger partial charge in [-0.3, -0.25) is 9.59 Å². The minimum absolute atomic E-state index is 0.242. The van der Waals surface area contributed by atoms with Crippen LogP contribution in [0.3, 0.4) is 0 Å². The highest BCUT2D eigenvalue weighted by Crippen LogP contribution is 2.20. The molecule has 1 aromatic carbocycles. The van der Waals surface area contributed by atoms with Crippen molar-refractivity contribution in [2.75, 3.05) is 18.4 Å². The lowest BCUT2D eigenvalue weighted by atomic mass is 10.3. The van der Waals surface area contributed by atoms with E-state index in [2.05, 4.69) is 10.6 Å². The van der Waals surface area contributed by atoms with Crippen molar-refractivity contribution in [2.24, 2.45) is 0 Å². The average molecular weight is 322 g/mol. The zero-order valence-corrected chi connectivity index (χ0v) is 11.4. The van der Waals surface area contributed by atoms with Crippen molar-refractivity contribution in [3.8, 4) is 0 Å². The normalized spacial score (nSPS) is 11.2. The number of carbonyl (C=O) groups is 2. The molecule has 7 nitrogen and oxygen atoms in total. The Morgan fingerprint density at radius 1 is 1.14 bits per heavy atom. The van der Waals surface area contributed by atoms with Crippen LogP contribution < -0.4 is 10.6 Å². The van der Waals surface area contributed by atoms with Gasteiger partial charge in [0.1, 0.15) is 6.54 Å². The first-order valence-electron chi connectivity index (χ1n) is 5.58. The summed E-state index contributed by atoms with van der Waals surface area (Å²) in [5.41, 5.74) is 0.327. The van der Waals surface area contributed by atoms with E-state index in [1.807, 2.05) is 0 Å². The number of carbonyl (C=O) groups excluding carboxylic acids is 1. The molecule has 0 heterocycles. The van der Waals surface area contributed by atoms with Crippen LogP contribution in [-0.2, 0) is 19.4 Å². The van der Waals surface area contributed by atoms with Crippen LogP contribution in [0.1, 0.15) is 0 Å². The molecule has 0 atom stereocenters. The molecule has 10 heteroatoms. The lowest BCUT2D eigenvalue weighted by molar-refractivity contribution is -0.137. The van der Waals surface area contributed by atoms with Crippen LogP contribution >= 0.6 is 0 Å². The summed E-state index contributed by atoms with van der Waals surface area (Å²) in [5, 5.41) is 13.0. The molecule has 0 aliphatic heterocycles. The third kappa shape index (κ3) is 4.99. The summed E-state index contributed by atoms with van der Waals surface area (Å²) >= 11 is 0. The van der Waals surface area contributed by atoms with Gasteiger partial charge in [-0.15, -0.1) is 0 Å². The molecule has 0 aliphatic carbocycles. The smallest absolute Gasteiger partial charge is 0.341 e. The summed E-state index contributed by atoms with van der Waals surface area (Å²) in [5.74, 6) is -5.27. The molecule has 0 spiro atoms. The van der Waals surface area contributed by atoms with E-state index in [-0.39, 0.29) is 6.54 Å². The number of nitrogens with one attached hydrogen (secondary N) is 2. The Bertz CT molecular complexity index is 616. The van der Waals surface area contributed by atoms with Gasteiger partial charge < -0.3 is 15.7 Å². The Balaban J connectivity index is 2.60. The van der Waals surface area contributed by atoms with Crippen molar-refractivity contribution in [2.45, 2.75) is 10.7 Å². The van der Waals surface area contributed by atoms with E-state index < -0.39 is 38.9 Å². The van der Waals surface area contributed by atoms with Crippen LogP contribution in [-0.4, -0.2) is 44.2 Å². The summed E-state index contributed by atoms with van der Waals surface area (Å²) in [6.45, 7) is -0.764. The maximum Gasteiger partial charge on any atom is 0.341 e.